The van der Waals surface area contributed by atoms with Gasteiger partial charge in [0.05, 0.1) is 33.4 Å². The summed E-state index contributed by atoms with van der Waals surface area (Å²) in [7, 11) is 0. The van der Waals surface area contributed by atoms with E-state index in [-0.39, 0.29) is 17.5 Å². The van der Waals surface area contributed by atoms with Crippen LogP contribution in [0.3, 0.4) is 0 Å². The summed E-state index contributed by atoms with van der Waals surface area (Å²) >= 11 is 0. The molecule has 3 aliphatic heterocycles. The van der Waals surface area contributed by atoms with Crippen LogP contribution in [0.4, 0.5) is 34.1 Å². The maximum absolute atomic E-state index is 9.29. The topological polar surface area (TPSA) is 21.3 Å². The van der Waals surface area contributed by atoms with E-state index in [1.807, 2.05) is 12.1 Å². The molecule has 3 aliphatic rings. The van der Waals surface area contributed by atoms with Crippen molar-refractivity contribution in [1.82, 2.24) is 13.7 Å². The third kappa shape index (κ3) is 11.4. The van der Waals surface area contributed by atoms with Crippen molar-refractivity contribution >= 4 is 123 Å². The third-order valence-electron chi connectivity index (χ3n) is 26.3. The largest absolute Gasteiger partial charge is 0.344 e. The van der Waals surface area contributed by atoms with Crippen LogP contribution in [0.5, 0.6) is 0 Å². The standard InChI is InChI=1S/C115H90BN5/c1-113(2,3)83-63-92(79-37-25-33-73(57-79)71-29-13-11-14-30-71)111-94(65-83)81-39-27-35-75(59-81)77-49-55-100-96(61-77)97-62-78(50-56-101(97)117(100)10)76-36-28-40-82(60-76)95-66-84(114(4,5)6)64-93(80-38-26-34-74(58-80)72-31-15-12-16-32-72)112(95)121-107-70-87(119-104-47-23-19-43-90(104)91-44-20-24-48-105(91)119)52-54-99(107)116-98-53-51-86(118-102-45-21-17-41-88(102)89-42-18-22-46-103(89)118)69-106(98)120(111)108-67-85(115(7,8)9)68-109(121)110(108)116/h11-70H,1-10H3/i10D3. The fraction of sp³-hybridized carbons (Fsp3) is 0.113. The molecule has 0 spiro atoms. The molecule has 0 aliphatic carbocycles. The number of aromatic nitrogens is 3. The first-order valence-corrected chi connectivity index (χ1v) is 42.6. The van der Waals surface area contributed by atoms with E-state index in [1.165, 1.54) is 54.6 Å². The van der Waals surface area contributed by atoms with Gasteiger partial charge >= 0.3 is 0 Å². The molecule has 0 saturated heterocycles. The summed E-state index contributed by atoms with van der Waals surface area (Å²) in [6.07, 6.45) is 0. The van der Waals surface area contributed by atoms with Crippen LogP contribution in [-0.4, -0.2) is 20.4 Å². The minimum absolute atomic E-state index is 0.345. The van der Waals surface area contributed by atoms with Crippen molar-refractivity contribution in [3.63, 3.8) is 0 Å². The first kappa shape index (κ1) is 68.8. The minimum atomic E-state index is -2.49. The predicted octanol–water partition coefficient (Wildman–Crippen LogP) is 29.2. The van der Waals surface area contributed by atoms with Gasteiger partial charge in [-0.1, -0.05) is 293 Å². The Kier molecular flexibility index (Phi) is 15.3. The lowest BCUT2D eigenvalue weighted by Gasteiger charge is -2.47. The Balaban J connectivity index is 0.939. The van der Waals surface area contributed by atoms with Gasteiger partial charge in [-0.25, -0.2) is 0 Å². The number of hydrogen-bond acceptors (Lipinski definition) is 2. The van der Waals surface area contributed by atoms with Crippen LogP contribution in [-0.2, 0) is 23.2 Å². The number of hydrogen-bond donors (Lipinski definition) is 0. The molecule has 578 valence electrons. The molecule has 0 saturated carbocycles. The zero-order valence-electron chi connectivity index (χ0n) is 72.5. The highest BCUT2D eigenvalue weighted by atomic mass is 15.2. The summed E-state index contributed by atoms with van der Waals surface area (Å²) in [5.41, 5.74) is 37.3. The van der Waals surface area contributed by atoms with Crippen LogP contribution in [0.15, 0.2) is 364 Å². The van der Waals surface area contributed by atoms with Gasteiger partial charge < -0.3 is 23.5 Å². The smallest absolute Gasteiger partial charge is 0.252 e. The molecule has 3 aromatic heterocycles. The number of rotatable bonds is 6. The molecule has 0 unspecified atom stereocenters. The Labute approximate surface area is 712 Å². The van der Waals surface area contributed by atoms with Crippen molar-refractivity contribution in [3.8, 4) is 100 Å². The summed E-state index contributed by atoms with van der Waals surface area (Å²) in [6, 6.07) is 137. The highest BCUT2D eigenvalue weighted by Crippen LogP contribution is 2.57. The molecule has 121 heavy (non-hydrogen) atoms. The van der Waals surface area contributed by atoms with Crippen LogP contribution in [0.2, 0.25) is 0 Å². The molecule has 6 heteroatoms. The maximum Gasteiger partial charge on any atom is 0.252 e. The van der Waals surface area contributed by atoms with E-state index in [0.717, 1.165) is 167 Å². The number of fused-ring (bicyclic) bond motifs is 26. The summed E-state index contributed by atoms with van der Waals surface area (Å²) in [5, 5.41) is 6.51. The quantitative estimate of drug-likeness (QED) is 0.155. The molecule has 5 nitrogen and oxygen atoms in total. The fourth-order valence-electron chi connectivity index (χ4n) is 20.2. The van der Waals surface area contributed by atoms with E-state index in [1.54, 1.807) is 4.57 Å². The van der Waals surface area contributed by atoms with Gasteiger partial charge in [-0.15, -0.1) is 0 Å². The molecule has 0 N–H and O–H groups in total. The van der Waals surface area contributed by atoms with Crippen LogP contribution in [0.25, 0.3) is 166 Å². The van der Waals surface area contributed by atoms with Crippen LogP contribution < -0.4 is 26.2 Å². The average molecular weight is 1560 g/mol. The van der Waals surface area contributed by atoms with Crippen LogP contribution in [0, 0.1) is 0 Å². The van der Waals surface area contributed by atoms with Crippen molar-refractivity contribution in [2.45, 2.75) is 78.6 Å². The van der Waals surface area contributed by atoms with Gasteiger partial charge in [0.1, 0.15) is 0 Å². The van der Waals surface area contributed by atoms with E-state index >= 15 is 0 Å². The zero-order chi connectivity index (χ0) is 84.1. The first-order valence-electron chi connectivity index (χ1n) is 44.1. The predicted molar refractivity (Wildman–Crippen MR) is 516 cm³/mol. The normalized spacial score (nSPS) is 13.5. The molecule has 6 heterocycles. The number of para-hydroxylation sites is 4. The summed E-state index contributed by atoms with van der Waals surface area (Å²) in [5.74, 6) is 0. The summed E-state index contributed by atoms with van der Waals surface area (Å²) in [4.78, 5) is 5.47. The molecule has 17 aromatic carbocycles. The van der Waals surface area contributed by atoms with Crippen molar-refractivity contribution in [2.75, 3.05) is 9.80 Å². The highest BCUT2D eigenvalue weighted by Gasteiger charge is 2.47. The second kappa shape index (κ2) is 26.9. The lowest BCUT2D eigenvalue weighted by atomic mass is 9.33. The zero-order valence-corrected chi connectivity index (χ0v) is 69.5. The second-order valence-electron chi connectivity index (χ2n) is 36.7. The molecule has 20 aromatic rings. The highest BCUT2D eigenvalue weighted by molar-refractivity contribution is 7.00. The van der Waals surface area contributed by atoms with Crippen molar-refractivity contribution in [1.29, 1.82) is 0 Å². The van der Waals surface area contributed by atoms with Gasteiger partial charge in [0, 0.05) is 111 Å². The maximum atomic E-state index is 9.29. The Hall–Kier alpha value is -14.2. The lowest BCUT2D eigenvalue weighted by molar-refractivity contribution is 0.590. The van der Waals surface area contributed by atoms with Gasteiger partial charge in [-0.3, -0.25) is 0 Å². The van der Waals surface area contributed by atoms with Gasteiger partial charge in [-0.05, 0) is 250 Å². The Bertz CT molecular complexity index is 7320. The fourth-order valence-corrected chi connectivity index (χ4v) is 20.2. The number of aryl methyl sites for hydroxylation is 1. The van der Waals surface area contributed by atoms with Crippen LogP contribution >= 0.6 is 0 Å². The monoisotopic (exact) mass is 1550 g/mol. The minimum Gasteiger partial charge on any atom is -0.344 e. The first-order chi connectivity index (χ1) is 60.0. The molecular weight excluding hydrogens is 1460 g/mol. The molecule has 13 bridgehead atoms. The van der Waals surface area contributed by atoms with Gasteiger partial charge in [-0.2, -0.15) is 0 Å². The average Bonchev–Trinajstić information content (AvgIpc) is 0.787. The molecule has 0 radical (unpaired) electrons. The van der Waals surface area contributed by atoms with Gasteiger partial charge in [0.2, 0.25) is 0 Å². The number of nitrogens with zero attached hydrogens (tertiary/aromatic N) is 5. The van der Waals surface area contributed by atoms with Gasteiger partial charge in [0.25, 0.3) is 6.71 Å². The van der Waals surface area contributed by atoms with E-state index in [2.05, 4.69) is 433 Å². The van der Waals surface area contributed by atoms with E-state index in [4.69, 9.17) is 0 Å². The van der Waals surface area contributed by atoms with Crippen molar-refractivity contribution < 1.29 is 4.11 Å². The van der Waals surface area contributed by atoms with E-state index in [0.29, 0.717) is 11.0 Å². The Morgan fingerprint density at radius 1 is 0.231 bits per heavy atom. The van der Waals surface area contributed by atoms with E-state index in [9.17, 15) is 4.11 Å². The second-order valence-corrected chi connectivity index (χ2v) is 36.7. The Morgan fingerprint density at radius 2 is 0.529 bits per heavy atom. The molecule has 0 fully saturated rings. The Morgan fingerprint density at radius 3 is 0.868 bits per heavy atom. The van der Waals surface area contributed by atoms with Crippen LogP contribution in [0.1, 0.15) is 83.1 Å². The number of benzene rings is 17. The summed E-state index contributed by atoms with van der Waals surface area (Å²) in [6.45, 7) is 18.5. The van der Waals surface area contributed by atoms with Crippen molar-refractivity contribution in [3.05, 3.63) is 381 Å². The summed E-state index contributed by atoms with van der Waals surface area (Å²) < 4.78 is 34.4. The van der Waals surface area contributed by atoms with Gasteiger partial charge in [0.15, 0.2) is 0 Å². The molecule has 0 atom stereocenters. The SMILES string of the molecule is [2H]C([2H])([2H])n1c2ccc3cc2c2cc(ccc21)-c1cccc(c1)-c1cc(C(C)(C)C)cc(-c2cccc(-c4ccccc4)c2)c1N1c2cc(-n4c5ccccc5c5ccccc54)ccc2B2c4ccc(-n5c6ccccc6c6ccccc65)cc4N(c4cc(C(C)(C)C)cc1c42)c1c(-c2cccc(-c4ccccc4)c2)cc(C(C)(C)C)cc1-c1cccc-3c1. The third-order valence-corrected chi connectivity index (χ3v) is 26.3. The van der Waals surface area contributed by atoms with Crippen molar-refractivity contribution in [2.24, 2.45) is 6.98 Å². The molecular formula is C115H90BN5. The lowest BCUT2D eigenvalue weighted by Crippen LogP contribution is -2.61. The number of anilines is 6. The molecule has 23 rings (SSSR count). The molecule has 0 amide bonds. The van der Waals surface area contributed by atoms with E-state index < -0.39 is 12.4 Å².